The van der Waals surface area contributed by atoms with Gasteiger partial charge in [-0.15, -0.1) is 0 Å². The number of hydrogen-bond acceptors (Lipinski definition) is 3. The predicted octanol–water partition coefficient (Wildman–Crippen LogP) is 2.22. The third-order valence-corrected chi connectivity index (χ3v) is 6.30. The number of carbonyl (C=O) groups is 2. The van der Waals surface area contributed by atoms with Crippen LogP contribution in [-0.2, 0) is 4.79 Å². The average Bonchev–Trinajstić information content (AvgIpc) is 3.08. The van der Waals surface area contributed by atoms with Gasteiger partial charge in [0.2, 0.25) is 0 Å². The molecule has 26 heavy (non-hydrogen) atoms. The summed E-state index contributed by atoms with van der Waals surface area (Å²) in [6, 6.07) is 3.04. The van der Waals surface area contributed by atoms with Gasteiger partial charge in [-0.2, -0.15) is 0 Å². The smallest absolute Gasteiger partial charge is 0.313 e. The molecule has 2 heterocycles. The third-order valence-electron chi connectivity index (χ3n) is 6.30. The minimum Gasteiger partial charge on any atom is -0.481 e. The molecule has 1 N–H and O–H groups in total. The maximum absolute atomic E-state index is 13.4. The standard InChI is InChI=1S/C19H22F2N2O3/c20-15-5-4-13(6-16(15)21)17(24)23-9-14-8-22(7-12-2-1-3-12)10-19(14,11-23)18(25)26/h4-6,12,14H,1-3,7-11H2,(H,25,26)/t14-,19-/m1/s1. The molecule has 2 aliphatic heterocycles. The van der Waals surface area contributed by atoms with Gasteiger partial charge in [0.05, 0.1) is 0 Å². The Balaban J connectivity index is 1.49. The molecule has 0 aromatic heterocycles. The first-order chi connectivity index (χ1) is 12.4. The van der Waals surface area contributed by atoms with E-state index in [1.807, 2.05) is 0 Å². The largest absolute Gasteiger partial charge is 0.481 e. The van der Waals surface area contributed by atoms with E-state index >= 15 is 0 Å². The van der Waals surface area contributed by atoms with E-state index < -0.39 is 28.9 Å². The van der Waals surface area contributed by atoms with Crippen molar-refractivity contribution < 1.29 is 23.5 Å². The van der Waals surface area contributed by atoms with E-state index in [4.69, 9.17) is 0 Å². The van der Waals surface area contributed by atoms with Crippen molar-refractivity contribution in [2.75, 3.05) is 32.7 Å². The van der Waals surface area contributed by atoms with Crippen molar-refractivity contribution >= 4 is 11.9 Å². The van der Waals surface area contributed by atoms with Crippen LogP contribution in [-0.4, -0.2) is 59.5 Å². The summed E-state index contributed by atoms with van der Waals surface area (Å²) in [5.74, 6) is -2.86. The SMILES string of the molecule is O=C(c1ccc(F)c(F)c1)N1C[C@H]2CN(CC3CCC3)C[C@@]2(C(=O)O)C1. The van der Waals surface area contributed by atoms with E-state index in [9.17, 15) is 23.5 Å². The number of aliphatic carboxylic acids is 1. The molecule has 140 valence electrons. The first-order valence-corrected chi connectivity index (χ1v) is 9.09. The molecule has 1 amide bonds. The Labute approximate surface area is 150 Å². The van der Waals surface area contributed by atoms with Crippen LogP contribution in [0.1, 0.15) is 29.6 Å². The molecule has 2 atom stereocenters. The summed E-state index contributed by atoms with van der Waals surface area (Å²) in [4.78, 5) is 28.4. The molecule has 1 aliphatic carbocycles. The summed E-state index contributed by atoms with van der Waals surface area (Å²) in [7, 11) is 0. The van der Waals surface area contributed by atoms with Crippen LogP contribution < -0.4 is 0 Å². The summed E-state index contributed by atoms with van der Waals surface area (Å²) in [5, 5.41) is 9.87. The molecule has 2 saturated heterocycles. The normalized spacial score (nSPS) is 28.8. The fourth-order valence-corrected chi connectivity index (χ4v) is 4.62. The van der Waals surface area contributed by atoms with Crippen molar-refractivity contribution in [3.63, 3.8) is 0 Å². The Bertz CT molecular complexity index is 752. The van der Waals surface area contributed by atoms with Crippen LogP contribution in [0.3, 0.4) is 0 Å². The van der Waals surface area contributed by atoms with Crippen molar-refractivity contribution in [3.05, 3.63) is 35.4 Å². The van der Waals surface area contributed by atoms with E-state index in [0.717, 1.165) is 18.7 Å². The first kappa shape index (κ1) is 17.4. The fraction of sp³-hybridized carbons (Fsp3) is 0.579. The van der Waals surface area contributed by atoms with Crippen molar-refractivity contribution in [1.82, 2.24) is 9.80 Å². The molecule has 3 fully saturated rings. The Morgan fingerprint density at radius 1 is 1.15 bits per heavy atom. The molecule has 7 heteroatoms. The number of fused-ring (bicyclic) bond motifs is 1. The lowest BCUT2D eigenvalue weighted by Gasteiger charge is -2.31. The van der Waals surface area contributed by atoms with E-state index in [1.54, 1.807) is 0 Å². The molecule has 0 spiro atoms. The Morgan fingerprint density at radius 2 is 1.92 bits per heavy atom. The Hall–Kier alpha value is -2.02. The van der Waals surface area contributed by atoms with Crippen LogP contribution in [0.2, 0.25) is 0 Å². The highest BCUT2D eigenvalue weighted by Gasteiger charge is 2.58. The summed E-state index contributed by atoms with van der Waals surface area (Å²) in [6.45, 7) is 2.51. The Kier molecular flexibility index (Phi) is 4.22. The predicted molar refractivity (Wildman–Crippen MR) is 89.6 cm³/mol. The second-order valence-electron chi connectivity index (χ2n) is 7.96. The van der Waals surface area contributed by atoms with E-state index in [-0.39, 0.29) is 18.0 Å². The van der Waals surface area contributed by atoms with Crippen LogP contribution in [0.5, 0.6) is 0 Å². The van der Waals surface area contributed by atoms with Crippen molar-refractivity contribution in [2.45, 2.75) is 19.3 Å². The van der Waals surface area contributed by atoms with Gasteiger partial charge in [0.1, 0.15) is 5.41 Å². The number of amides is 1. The van der Waals surface area contributed by atoms with Crippen LogP contribution in [0, 0.1) is 28.9 Å². The third kappa shape index (κ3) is 2.78. The molecule has 1 aromatic rings. The lowest BCUT2D eigenvalue weighted by Crippen LogP contribution is -2.43. The molecular weight excluding hydrogens is 342 g/mol. The molecule has 5 nitrogen and oxygen atoms in total. The molecule has 3 aliphatic rings. The molecule has 0 bridgehead atoms. The van der Waals surface area contributed by atoms with E-state index in [2.05, 4.69) is 4.90 Å². The van der Waals surface area contributed by atoms with Gasteiger partial charge in [0.15, 0.2) is 11.6 Å². The number of rotatable bonds is 4. The number of halogens is 2. The van der Waals surface area contributed by atoms with Crippen molar-refractivity contribution in [1.29, 1.82) is 0 Å². The minimum atomic E-state index is -1.07. The van der Waals surface area contributed by atoms with Crippen LogP contribution in [0.25, 0.3) is 0 Å². The Morgan fingerprint density at radius 3 is 2.50 bits per heavy atom. The van der Waals surface area contributed by atoms with Crippen LogP contribution in [0.4, 0.5) is 8.78 Å². The number of benzene rings is 1. The van der Waals surface area contributed by atoms with Gasteiger partial charge in [0, 0.05) is 44.2 Å². The summed E-state index contributed by atoms with van der Waals surface area (Å²) in [6.07, 6.45) is 3.67. The van der Waals surface area contributed by atoms with Crippen molar-refractivity contribution in [2.24, 2.45) is 17.3 Å². The monoisotopic (exact) mass is 364 g/mol. The fourth-order valence-electron chi connectivity index (χ4n) is 4.62. The zero-order valence-corrected chi connectivity index (χ0v) is 14.5. The van der Waals surface area contributed by atoms with Crippen LogP contribution in [0.15, 0.2) is 18.2 Å². The first-order valence-electron chi connectivity index (χ1n) is 9.09. The number of carboxylic acid groups (broad SMARTS) is 1. The molecule has 0 radical (unpaired) electrons. The van der Waals surface area contributed by atoms with Crippen LogP contribution >= 0.6 is 0 Å². The zero-order chi connectivity index (χ0) is 18.5. The summed E-state index contributed by atoms with van der Waals surface area (Å²) in [5.41, 5.74) is -0.909. The zero-order valence-electron chi connectivity index (χ0n) is 14.5. The number of nitrogens with zero attached hydrogens (tertiary/aromatic N) is 2. The van der Waals surface area contributed by atoms with Gasteiger partial charge < -0.3 is 14.9 Å². The topological polar surface area (TPSA) is 60.9 Å². The maximum atomic E-state index is 13.4. The van der Waals surface area contributed by atoms with Gasteiger partial charge in [-0.3, -0.25) is 9.59 Å². The molecular formula is C19H22F2N2O3. The number of carboxylic acids is 1. The molecule has 4 rings (SSSR count). The van der Waals surface area contributed by atoms with Gasteiger partial charge in [0.25, 0.3) is 5.91 Å². The van der Waals surface area contributed by atoms with Crippen molar-refractivity contribution in [3.8, 4) is 0 Å². The minimum absolute atomic E-state index is 0.0516. The van der Waals surface area contributed by atoms with Gasteiger partial charge in [-0.25, -0.2) is 8.78 Å². The highest BCUT2D eigenvalue weighted by atomic mass is 19.2. The summed E-state index contributed by atoms with van der Waals surface area (Å²) < 4.78 is 26.5. The lowest BCUT2D eigenvalue weighted by molar-refractivity contribution is -0.148. The van der Waals surface area contributed by atoms with Gasteiger partial charge in [-0.1, -0.05) is 6.42 Å². The molecule has 0 unspecified atom stereocenters. The number of likely N-dealkylation sites (tertiary alicyclic amines) is 2. The average molecular weight is 364 g/mol. The van der Waals surface area contributed by atoms with Gasteiger partial charge in [-0.05, 0) is 37.0 Å². The second-order valence-corrected chi connectivity index (χ2v) is 7.96. The number of carbonyl (C=O) groups excluding carboxylic acids is 1. The maximum Gasteiger partial charge on any atom is 0.313 e. The molecule has 1 aromatic carbocycles. The summed E-state index contributed by atoms with van der Waals surface area (Å²) >= 11 is 0. The van der Waals surface area contributed by atoms with Gasteiger partial charge >= 0.3 is 5.97 Å². The number of hydrogen-bond donors (Lipinski definition) is 1. The highest BCUT2D eigenvalue weighted by Crippen LogP contribution is 2.44. The van der Waals surface area contributed by atoms with E-state index in [1.165, 1.54) is 30.2 Å². The quantitative estimate of drug-likeness (QED) is 0.890. The molecule has 1 saturated carbocycles. The van der Waals surface area contributed by atoms with E-state index in [0.29, 0.717) is 25.6 Å². The highest BCUT2D eigenvalue weighted by molar-refractivity contribution is 5.95. The lowest BCUT2D eigenvalue weighted by atomic mass is 9.81. The second kappa shape index (κ2) is 6.30.